The second-order valence-electron chi connectivity index (χ2n) is 7.51. The second-order valence-corrected chi connectivity index (χ2v) is 7.51. The molecule has 2 aromatic rings. The number of nitrogens with one attached hydrogen (secondary N) is 1. The van der Waals surface area contributed by atoms with Crippen LogP contribution < -0.4 is 19.7 Å². The topological polar surface area (TPSA) is 60.0 Å². The molecular weight excluding hydrogens is 356 g/mol. The Labute approximate surface area is 165 Å². The largest absolute Gasteiger partial charge is 0.482 e. The monoisotopic (exact) mass is 382 g/mol. The van der Waals surface area contributed by atoms with Gasteiger partial charge in [0.1, 0.15) is 6.10 Å². The van der Waals surface area contributed by atoms with Crippen LogP contribution in [0.15, 0.2) is 48.5 Å². The molecule has 148 valence electrons. The molecule has 0 bridgehead atoms. The predicted molar refractivity (Wildman–Crippen MR) is 108 cm³/mol. The van der Waals surface area contributed by atoms with Crippen molar-refractivity contribution in [1.82, 2.24) is 0 Å². The van der Waals surface area contributed by atoms with Crippen LogP contribution in [0, 0.1) is 0 Å². The first-order valence-electron chi connectivity index (χ1n) is 9.73. The highest BCUT2D eigenvalue weighted by Gasteiger charge is 2.34. The number of nitrogens with zero attached hydrogens (tertiary/aromatic N) is 1. The first kappa shape index (κ1) is 18.6. The summed E-state index contributed by atoms with van der Waals surface area (Å²) in [6, 6.07) is 15.3. The van der Waals surface area contributed by atoms with Crippen molar-refractivity contribution in [1.29, 1.82) is 0 Å². The maximum Gasteiger partial charge on any atom is 0.269 e. The van der Waals surface area contributed by atoms with Crippen molar-refractivity contribution in [3.05, 3.63) is 48.5 Å². The number of benzene rings is 2. The molecule has 6 nitrogen and oxygen atoms in total. The second kappa shape index (κ2) is 7.72. The quantitative estimate of drug-likeness (QED) is 0.881. The van der Waals surface area contributed by atoms with Crippen molar-refractivity contribution < 1.29 is 19.0 Å². The molecule has 0 saturated carbocycles. The minimum Gasteiger partial charge on any atom is -0.482 e. The average Bonchev–Trinajstić information content (AvgIpc) is 2.67. The number of hydrogen-bond donors (Lipinski definition) is 1. The number of carbonyl (C=O) groups excluding carboxylic acids is 1. The summed E-state index contributed by atoms with van der Waals surface area (Å²) in [5, 5.41) is 2.93. The smallest absolute Gasteiger partial charge is 0.269 e. The van der Waals surface area contributed by atoms with Crippen LogP contribution in [0.3, 0.4) is 0 Å². The number of anilines is 2. The molecule has 1 fully saturated rings. The molecule has 2 heterocycles. The van der Waals surface area contributed by atoms with Crippen molar-refractivity contribution in [2.45, 2.75) is 45.2 Å². The Balaban J connectivity index is 1.41. The summed E-state index contributed by atoms with van der Waals surface area (Å²) in [5.41, 5.74) is 1.86. The molecule has 0 aromatic heterocycles. The molecule has 2 aromatic carbocycles. The molecule has 4 unspecified atom stereocenters. The average molecular weight is 382 g/mol. The Bertz CT molecular complexity index is 829. The van der Waals surface area contributed by atoms with Crippen molar-refractivity contribution in [3.8, 4) is 11.5 Å². The summed E-state index contributed by atoms with van der Waals surface area (Å²) in [6.45, 7) is 7.73. The SMILES string of the molecule is CC1CN(c2ccc(NC(=O)C3Oc4ccccc4OC3C)cc2)CC(C)O1. The van der Waals surface area contributed by atoms with Crippen molar-refractivity contribution >= 4 is 17.3 Å². The molecule has 1 amide bonds. The van der Waals surface area contributed by atoms with Crippen LogP contribution in [0.2, 0.25) is 0 Å². The maximum absolute atomic E-state index is 12.7. The Kier molecular flexibility index (Phi) is 5.13. The third-order valence-corrected chi connectivity index (χ3v) is 5.02. The molecular formula is C22H26N2O4. The number of fused-ring (bicyclic) bond motifs is 1. The number of ether oxygens (including phenoxy) is 3. The van der Waals surface area contributed by atoms with E-state index in [4.69, 9.17) is 14.2 Å². The van der Waals surface area contributed by atoms with Gasteiger partial charge in [-0.05, 0) is 57.2 Å². The van der Waals surface area contributed by atoms with Gasteiger partial charge in [-0.25, -0.2) is 0 Å². The number of morpholine rings is 1. The minimum absolute atomic E-state index is 0.205. The highest BCUT2D eigenvalue weighted by molar-refractivity contribution is 5.95. The van der Waals surface area contributed by atoms with Gasteiger partial charge in [0.15, 0.2) is 11.5 Å². The Morgan fingerprint density at radius 1 is 0.929 bits per heavy atom. The van der Waals surface area contributed by atoms with Crippen LogP contribution >= 0.6 is 0 Å². The summed E-state index contributed by atoms with van der Waals surface area (Å²) < 4.78 is 17.5. The van der Waals surface area contributed by atoms with Gasteiger partial charge in [0, 0.05) is 24.5 Å². The first-order valence-corrected chi connectivity index (χ1v) is 9.73. The Hall–Kier alpha value is -2.73. The maximum atomic E-state index is 12.7. The molecule has 1 N–H and O–H groups in total. The van der Waals surface area contributed by atoms with Gasteiger partial charge in [0.25, 0.3) is 5.91 Å². The molecule has 2 aliphatic rings. The number of para-hydroxylation sites is 2. The lowest BCUT2D eigenvalue weighted by Gasteiger charge is -2.37. The zero-order valence-corrected chi connectivity index (χ0v) is 16.4. The zero-order chi connectivity index (χ0) is 19.7. The van der Waals surface area contributed by atoms with E-state index in [-0.39, 0.29) is 24.2 Å². The van der Waals surface area contributed by atoms with Gasteiger partial charge in [0.05, 0.1) is 12.2 Å². The summed E-state index contributed by atoms with van der Waals surface area (Å²) in [6.07, 6.45) is -0.659. The summed E-state index contributed by atoms with van der Waals surface area (Å²) >= 11 is 0. The van der Waals surface area contributed by atoms with E-state index in [1.165, 1.54) is 0 Å². The standard InChI is InChI=1S/C22H26N2O4/c1-14-12-24(13-15(2)26-14)18-10-8-17(9-11-18)23-22(25)21-16(3)27-19-6-4-5-7-20(19)28-21/h4-11,14-16,21H,12-13H2,1-3H3,(H,23,25). The first-order chi connectivity index (χ1) is 13.5. The molecule has 0 aliphatic carbocycles. The normalized spacial score (nSPS) is 26.6. The molecule has 2 aliphatic heterocycles. The van der Waals surface area contributed by atoms with Crippen molar-refractivity contribution in [2.24, 2.45) is 0 Å². The molecule has 0 radical (unpaired) electrons. The van der Waals surface area contributed by atoms with Gasteiger partial charge in [-0.1, -0.05) is 12.1 Å². The fourth-order valence-corrected chi connectivity index (χ4v) is 3.76. The third kappa shape index (κ3) is 3.92. The van der Waals surface area contributed by atoms with Gasteiger partial charge in [-0.2, -0.15) is 0 Å². The number of hydrogen-bond acceptors (Lipinski definition) is 5. The van der Waals surface area contributed by atoms with Crippen molar-refractivity contribution in [3.63, 3.8) is 0 Å². The molecule has 4 rings (SSSR count). The molecule has 4 atom stereocenters. The number of rotatable bonds is 3. The van der Waals surface area contributed by atoms with E-state index < -0.39 is 6.10 Å². The van der Waals surface area contributed by atoms with Crippen LogP contribution in [-0.4, -0.2) is 43.4 Å². The summed E-state index contributed by atoms with van der Waals surface area (Å²) in [7, 11) is 0. The van der Waals surface area contributed by atoms with Crippen LogP contribution in [0.25, 0.3) is 0 Å². The fourth-order valence-electron chi connectivity index (χ4n) is 3.76. The molecule has 28 heavy (non-hydrogen) atoms. The Morgan fingerprint density at radius 2 is 1.54 bits per heavy atom. The molecule has 6 heteroatoms. The van der Waals surface area contributed by atoms with Crippen LogP contribution in [0.4, 0.5) is 11.4 Å². The van der Waals surface area contributed by atoms with E-state index in [1.807, 2.05) is 49.4 Å². The lowest BCUT2D eigenvalue weighted by Crippen LogP contribution is -2.46. The van der Waals surface area contributed by atoms with Gasteiger partial charge in [-0.15, -0.1) is 0 Å². The van der Waals surface area contributed by atoms with Gasteiger partial charge < -0.3 is 24.4 Å². The Morgan fingerprint density at radius 3 is 2.18 bits per heavy atom. The summed E-state index contributed by atoms with van der Waals surface area (Å²) in [5.74, 6) is 1.03. The van der Waals surface area contributed by atoms with E-state index in [2.05, 4.69) is 24.1 Å². The third-order valence-electron chi connectivity index (χ3n) is 5.02. The van der Waals surface area contributed by atoms with Crippen molar-refractivity contribution in [2.75, 3.05) is 23.3 Å². The van der Waals surface area contributed by atoms with Gasteiger partial charge in [0.2, 0.25) is 6.10 Å². The van der Waals surface area contributed by atoms with E-state index in [1.54, 1.807) is 6.07 Å². The highest BCUT2D eigenvalue weighted by Crippen LogP contribution is 2.33. The van der Waals surface area contributed by atoms with E-state index >= 15 is 0 Å². The molecule has 0 spiro atoms. The fraction of sp³-hybridized carbons (Fsp3) is 0.409. The van der Waals surface area contributed by atoms with E-state index in [9.17, 15) is 4.79 Å². The van der Waals surface area contributed by atoms with E-state index in [0.717, 1.165) is 24.5 Å². The van der Waals surface area contributed by atoms with Crippen LogP contribution in [-0.2, 0) is 9.53 Å². The van der Waals surface area contributed by atoms with Crippen LogP contribution in [0.5, 0.6) is 11.5 Å². The number of amides is 1. The minimum atomic E-state index is -0.699. The van der Waals surface area contributed by atoms with E-state index in [0.29, 0.717) is 11.5 Å². The lowest BCUT2D eigenvalue weighted by molar-refractivity contribution is -0.128. The van der Waals surface area contributed by atoms with Gasteiger partial charge in [-0.3, -0.25) is 4.79 Å². The molecule has 1 saturated heterocycles. The number of carbonyl (C=O) groups is 1. The lowest BCUT2D eigenvalue weighted by atomic mass is 10.1. The van der Waals surface area contributed by atoms with Gasteiger partial charge >= 0.3 is 0 Å². The predicted octanol–water partition coefficient (Wildman–Crippen LogP) is 3.47. The zero-order valence-electron chi connectivity index (χ0n) is 16.4. The highest BCUT2D eigenvalue weighted by atomic mass is 16.6. The van der Waals surface area contributed by atoms with Crippen LogP contribution in [0.1, 0.15) is 20.8 Å². The summed E-state index contributed by atoms with van der Waals surface area (Å²) in [4.78, 5) is 15.0.